The molecule has 0 bridgehead atoms. The van der Waals surface area contributed by atoms with Crippen LogP contribution in [-0.2, 0) is 11.3 Å². The van der Waals surface area contributed by atoms with E-state index in [1.165, 1.54) is 0 Å². The Morgan fingerprint density at radius 2 is 1.84 bits per heavy atom. The van der Waals surface area contributed by atoms with Crippen LogP contribution in [0, 0.1) is 0 Å². The molecule has 6 nitrogen and oxygen atoms in total. The molecule has 0 saturated heterocycles. The molecule has 2 aromatic rings. The molecule has 6 heteroatoms. The Bertz CT molecular complexity index is 732. The van der Waals surface area contributed by atoms with Crippen LogP contribution >= 0.6 is 0 Å². The molecule has 0 fully saturated rings. The maximum atomic E-state index is 12.0. The summed E-state index contributed by atoms with van der Waals surface area (Å²) in [6, 6.07) is 12.9. The van der Waals surface area contributed by atoms with Crippen LogP contribution in [0.2, 0.25) is 0 Å². The summed E-state index contributed by atoms with van der Waals surface area (Å²) in [5.74, 6) is 2.38. The van der Waals surface area contributed by atoms with Crippen LogP contribution in [0.1, 0.15) is 12.0 Å². The summed E-state index contributed by atoms with van der Waals surface area (Å²) >= 11 is 0. The predicted octanol–water partition coefficient (Wildman–Crippen LogP) is 2.55. The first-order chi connectivity index (χ1) is 12.3. The van der Waals surface area contributed by atoms with E-state index in [1.807, 2.05) is 30.3 Å². The molecule has 25 heavy (non-hydrogen) atoms. The van der Waals surface area contributed by atoms with Gasteiger partial charge in [0.25, 0.3) is 5.91 Å². The third-order valence-corrected chi connectivity index (χ3v) is 3.73. The van der Waals surface area contributed by atoms with Crippen LogP contribution < -0.4 is 24.3 Å². The molecule has 1 amide bonds. The molecule has 0 spiro atoms. The van der Waals surface area contributed by atoms with Gasteiger partial charge in [-0.1, -0.05) is 18.2 Å². The van der Waals surface area contributed by atoms with Crippen LogP contribution in [0.15, 0.2) is 42.5 Å². The number of carbonyl (C=O) groups is 1. The highest BCUT2D eigenvalue weighted by molar-refractivity contribution is 5.77. The molecule has 0 unspecified atom stereocenters. The lowest BCUT2D eigenvalue weighted by Crippen LogP contribution is -2.28. The van der Waals surface area contributed by atoms with E-state index < -0.39 is 0 Å². The van der Waals surface area contributed by atoms with Gasteiger partial charge >= 0.3 is 0 Å². The van der Waals surface area contributed by atoms with Gasteiger partial charge in [-0.05, 0) is 29.8 Å². The second kappa shape index (κ2) is 8.28. The van der Waals surface area contributed by atoms with Gasteiger partial charge < -0.3 is 24.3 Å². The zero-order valence-corrected chi connectivity index (χ0v) is 14.1. The SMILES string of the molecule is COc1ccccc1OCC(=O)NCc1ccc2c(c1)OCCCO2. The van der Waals surface area contributed by atoms with Gasteiger partial charge in [0.05, 0.1) is 20.3 Å². The molecule has 1 heterocycles. The van der Waals surface area contributed by atoms with Gasteiger partial charge in [0.1, 0.15) is 0 Å². The summed E-state index contributed by atoms with van der Waals surface area (Å²) in [7, 11) is 1.56. The third-order valence-electron chi connectivity index (χ3n) is 3.73. The first-order valence-corrected chi connectivity index (χ1v) is 8.17. The van der Waals surface area contributed by atoms with Gasteiger partial charge in [-0.3, -0.25) is 4.79 Å². The first-order valence-electron chi connectivity index (χ1n) is 8.17. The average molecular weight is 343 g/mol. The fourth-order valence-electron chi connectivity index (χ4n) is 2.45. The van der Waals surface area contributed by atoms with Gasteiger partial charge in [-0.15, -0.1) is 0 Å². The number of fused-ring (bicyclic) bond motifs is 1. The fraction of sp³-hybridized carbons (Fsp3) is 0.316. The molecule has 0 aromatic heterocycles. The topological polar surface area (TPSA) is 66.0 Å². The fourth-order valence-corrected chi connectivity index (χ4v) is 2.45. The van der Waals surface area contributed by atoms with Crippen LogP contribution in [0.4, 0.5) is 0 Å². The van der Waals surface area contributed by atoms with Gasteiger partial charge in [0.15, 0.2) is 29.6 Å². The van der Waals surface area contributed by atoms with E-state index in [-0.39, 0.29) is 12.5 Å². The highest BCUT2D eigenvalue weighted by atomic mass is 16.5. The number of carbonyl (C=O) groups excluding carboxylic acids is 1. The number of hydrogen-bond acceptors (Lipinski definition) is 5. The Morgan fingerprint density at radius 3 is 2.64 bits per heavy atom. The maximum absolute atomic E-state index is 12.0. The van der Waals surface area contributed by atoms with Crippen molar-refractivity contribution in [2.75, 3.05) is 26.9 Å². The number of ether oxygens (including phenoxy) is 4. The van der Waals surface area contributed by atoms with E-state index in [4.69, 9.17) is 18.9 Å². The van der Waals surface area contributed by atoms with E-state index in [0.29, 0.717) is 31.3 Å². The molecule has 132 valence electrons. The summed E-state index contributed by atoms with van der Waals surface area (Å²) in [6.07, 6.45) is 0.862. The summed E-state index contributed by atoms with van der Waals surface area (Å²) in [5, 5.41) is 2.83. The Labute approximate surface area is 146 Å². The lowest BCUT2D eigenvalue weighted by Gasteiger charge is -2.12. The molecular weight excluding hydrogens is 322 g/mol. The average Bonchev–Trinajstić information content (AvgIpc) is 2.89. The Hall–Kier alpha value is -2.89. The third kappa shape index (κ3) is 4.56. The number of rotatable bonds is 6. The lowest BCUT2D eigenvalue weighted by molar-refractivity contribution is -0.123. The van der Waals surface area contributed by atoms with E-state index in [9.17, 15) is 4.79 Å². The van der Waals surface area contributed by atoms with Gasteiger partial charge in [0, 0.05) is 13.0 Å². The van der Waals surface area contributed by atoms with Gasteiger partial charge in [-0.2, -0.15) is 0 Å². The molecule has 1 aliphatic rings. The van der Waals surface area contributed by atoms with Crippen molar-refractivity contribution in [1.29, 1.82) is 0 Å². The second-order valence-corrected chi connectivity index (χ2v) is 5.55. The van der Waals surface area contributed by atoms with Crippen molar-refractivity contribution in [3.05, 3.63) is 48.0 Å². The number of para-hydroxylation sites is 2. The van der Waals surface area contributed by atoms with Crippen molar-refractivity contribution in [1.82, 2.24) is 5.32 Å². The second-order valence-electron chi connectivity index (χ2n) is 5.55. The zero-order valence-electron chi connectivity index (χ0n) is 14.1. The predicted molar refractivity (Wildman–Crippen MR) is 92.4 cm³/mol. The quantitative estimate of drug-likeness (QED) is 0.873. The minimum atomic E-state index is -0.210. The lowest BCUT2D eigenvalue weighted by atomic mass is 10.2. The first kappa shape index (κ1) is 17.0. The molecule has 0 atom stereocenters. The molecule has 2 aromatic carbocycles. The van der Waals surface area contributed by atoms with E-state index in [1.54, 1.807) is 19.2 Å². The smallest absolute Gasteiger partial charge is 0.258 e. The molecule has 1 N–H and O–H groups in total. The molecule has 0 aliphatic carbocycles. The molecular formula is C19H21NO5. The van der Waals surface area contributed by atoms with Crippen LogP contribution in [0.3, 0.4) is 0 Å². The van der Waals surface area contributed by atoms with E-state index in [0.717, 1.165) is 23.5 Å². The summed E-state index contributed by atoms with van der Waals surface area (Å²) in [4.78, 5) is 12.0. The standard InChI is InChI=1S/C19H21NO5/c1-22-15-5-2-3-6-16(15)25-13-19(21)20-12-14-7-8-17-18(11-14)24-10-4-9-23-17/h2-3,5-8,11H,4,9-10,12-13H2,1H3,(H,20,21). The van der Waals surface area contributed by atoms with Crippen LogP contribution in [-0.4, -0.2) is 32.8 Å². The van der Waals surface area contributed by atoms with Crippen molar-refractivity contribution in [3.8, 4) is 23.0 Å². The number of benzene rings is 2. The molecule has 1 aliphatic heterocycles. The maximum Gasteiger partial charge on any atom is 0.258 e. The number of amides is 1. The molecule has 0 radical (unpaired) electrons. The van der Waals surface area contributed by atoms with Crippen molar-refractivity contribution in [3.63, 3.8) is 0 Å². The minimum absolute atomic E-state index is 0.0784. The number of hydrogen-bond donors (Lipinski definition) is 1. The van der Waals surface area contributed by atoms with E-state index in [2.05, 4.69) is 5.32 Å². The Kier molecular flexibility index (Phi) is 5.61. The van der Waals surface area contributed by atoms with Crippen molar-refractivity contribution < 1.29 is 23.7 Å². The van der Waals surface area contributed by atoms with Crippen molar-refractivity contribution >= 4 is 5.91 Å². The largest absolute Gasteiger partial charge is 0.493 e. The van der Waals surface area contributed by atoms with Crippen molar-refractivity contribution in [2.24, 2.45) is 0 Å². The normalized spacial score (nSPS) is 12.8. The monoisotopic (exact) mass is 343 g/mol. The van der Waals surface area contributed by atoms with Crippen molar-refractivity contribution in [2.45, 2.75) is 13.0 Å². The zero-order chi connectivity index (χ0) is 17.5. The minimum Gasteiger partial charge on any atom is -0.493 e. The Morgan fingerprint density at radius 1 is 1.08 bits per heavy atom. The highest BCUT2D eigenvalue weighted by Gasteiger charge is 2.11. The summed E-state index contributed by atoms with van der Waals surface area (Å²) < 4.78 is 21.9. The van der Waals surface area contributed by atoms with Crippen LogP contribution in [0.25, 0.3) is 0 Å². The number of methoxy groups -OCH3 is 1. The highest BCUT2D eigenvalue weighted by Crippen LogP contribution is 2.30. The van der Waals surface area contributed by atoms with Gasteiger partial charge in [-0.25, -0.2) is 0 Å². The Balaban J connectivity index is 1.51. The number of nitrogens with one attached hydrogen (secondary N) is 1. The summed E-state index contributed by atoms with van der Waals surface area (Å²) in [6.45, 7) is 1.61. The molecule has 0 saturated carbocycles. The van der Waals surface area contributed by atoms with Gasteiger partial charge in [0.2, 0.25) is 0 Å². The van der Waals surface area contributed by atoms with Crippen LogP contribution in [0.5, 0.6) is 23.0 Å². The summed E-state index contributed by atoms with van der Waals surface area (Å²) in [5.41, 5.74) is 0.940. The van der Waals surface area contributed by atoms with E-state index >= 15 is 0 Å². The molecule has 3 rings (SSSR count).